The van der Waals surface area contributed by atoms with E-state index in [0.717, 1.165) is 0 Å². The third kappa shape index (κ3) is 4.04. The van der Waals surface area contributed by atoms with Gasteiger partial charge in [0.1, 0.15) is 0 Å². The first-order valence-corrected chi connectivity index (χ1v) is 6.60. The molecule has 1 aliphatic rings. The third-order valence-electron chi connectivity index (χ3n) is 3.54. The van der Waals surface area contributed by atoms with Crippen LogP contribution >= 0.6 is 0 Å². The van der Waals surface area contributed by atoms with Gasteiger partial charge in [0.25, 0.3) is 0 Å². The molecule has 0 aliphatic carbocycles. The Morgan fingerprint density at radius 3 is 2.11 bits per heavy atom. The van der Waals surface area contributed by atoms with Gasteiger partial charge < -0.3 is 5.32 Å². The molecule has 19 heavy (non-hydrogen) atoms. The quantitative estimate of drug-likeness (QED) is 0.617. The Bertz CT molecular complexity index is 363. The van der Waals surface area contributed by atoms with Crippen molar-refractivity contribution in [2.24, 2.45) is 10.8 Å². The predicted molar refractivity (Wildman–Crippen MR) is 72.2 cm³/mol. The molecule has 0 unspecified atom stereocenters. The van der Waals surface area contributed by atoms with Gasteiger partial charge in [-0.1, -0.05) is 34.6 Å². The van der Waals surface area contributed by atoms with Crippen molar-refractivity contribution < 1.29 is 14.4 Å². The molecular weight excluding hydrogens is 244 g/mol. The first kappa shape index (κ1) is 15.7. The van der Waals surface area contributed by atoms with Gasteiger partial charge in [-0.3, -0.25) is 19.3 Å². The minimum atomic E-state index is -0.264. The van der Waals surface area contributed by atoms with Gasteiger partial charge >= 0.3 is 0 Å². The second kappa shape index (κ2) is 5.31. The molecule has 5 nitrogen and oxygen atoms in total. The van der Waals surface area contributed by atoms with Gasteiger partial charge in [-0.25, -0.2) is 0 Å². The molecule has 1 N–H and O–H groups in total. The van der Waals surface area contributed by atoms with E-state index >= 15 is 0 Å². The van der Waals surface area contributed by atoms with E-state index < -0.39 is 0 Å². The van der Waals surface area contributed by atoms with Crippen molar-refractivity contribution in [1.82, 2.24) is 10.2 Å². The summed E-state index contributed by atoms with van der Waals surface area (Å²) >= 11 is 0. The number of imide groups is 1. The molecule has 1 aliphatic heterocycles. The zero-order chi connectivity index (χ0) is 14.8. The van der Waals surface area contributed by atoms with Gasteiger partial charge in [0.15, 0.2) is 0 Å². The third-order valence-corrected chi connectivity index (χ3v) is 3.54. The van der Waals surface area contributed by atoms with Crippen LogP contribution in [0.2, 0.25) is 0 Å². The Morgan fingerprint density at radius 1 is 1.26 bits per heavy atom. The number of carbonyl (C=O) groups is 3. The normalized spacial score (nSPS) is 21.2. The summed E-state index contributed by atoms with van der Waals surface area (Å²) in [7, 11) is 0. The minimum Gasteiger partial charge on any atom is -0.354 e. The highest BCUT2D eigenvalue weighted by Crippen LogP contribution is 2.32. The lowest BCUT2D eigenvalue weighted by Crippen LogP contribution is -2.54. The van der Waals surface area contributed by atoms with Gasteiger partial charge in [0.05, 0.1) is 6.04 Å². The lowest BCUT2D eigenvalue weighted by atomic mass is 9.80. The van der Waals surface area contributed by atoms with Crippen molar-refractivity contribution in [1.29, 1.82) is 0 Å². The number of nitrogens with zero attached hydrogens (tertiary/aromatic N) is 1. The van der Waals surface area contributed by atoms with Gasteiger partial charge in [0.2, 0.25) is 18.2 Å². The highest BCUT2D eigenvalue weighted by molar-refractivity contribution is 5.98. The standard InChI is InChI=1S/C14H24N2O3/c1-13(2,3)10(15-9-17)8-16-11(18)6-14(4,5)7-12(16)19/h9-10H,6-8H2,1-5H3,(H,15,17)/t10-/m1/s1. The summed E-state index contributed by atoms with van der Waals surface area (Å²) in [5.41, 5.74) is -0.478. The van der Waals surface area contributed by atoms with Crippen LogP contribution in [0, 0.1) is 10.8 Å². The maximum atomic E-state index is 12.1. The van der Waals surface area contributed by atoms with Crippen LogP contribution in [0.3, 0.4) is 0 Å². The Balaban J connectivity index is 2.82. The average molecular weight is 268 g/mol. The van der Waals surface area contributed by atoms with E-state index in [-0.39, 0.29) is 35.2 Å². The monoisotopic (exact) mass is 268 g/mol. The highest BCUT2D eigenvalue weighted by Gasteiger charge is 2.39. The summed E-state index contributed by atoms with van der Waals surface area (Å²) in [4.78, 5) is 36.1. The topological polar surface area (TPSA) is 66.5 Å². The number of hydrogen-bond donors (Lipinski definition) is 1. The molecule has 1 atom stereocenters. The van der Waals surface area contributed by atoms with Crippen molar-refractivity contribution >= 4 is 18.2 Å². The fourth-order valence-electron chi connectivity index (χ4n) is 2.26. The molecule has 0 radical (unpaired) electrons. The van der Waals surface area contributed by atoms with Crippen molar-refractivity contribution in [3.8, 4) is 0 Å². The van der Waals surface area contributed by atoms with Crippen LogP contribution in [0.15, 0.2) is 0 Å². The smallest absolute Gasteiger partial charge is 0.229 e. The number of piperidine rings is 1. The molecule has 1 fully saturated rings. The van der Waals surface area contributed by atoms with Crippen LogP contribution in [0.5, 0.6) is 0 Å². The van der Waals surface area contributed by atoms with Crippen molar-refractivity contribution in [3.05, 3.63) is 0 Å². The number of hydrogen-bond acceptors (Lipinski definition) is 3. The number of likely N-dealkylation sites (tertiary alicyclic amines) is 1. The highest BCUT2D eigenvalue weighted by atomic mass is 16.2. The Labute approximate surface area is 114 Å². The second-order valence-corrected chi connectivity index (χ2v) is 7.12. The first-order chi connectivity index (χ1) is 8.57. The average Bonchev–Trinajstić information content (AvgIpc) is 2.18. The van der Waals surface area contributed by atoms with Crippen molar-refractivity contribution in [2.75, 3.05) is 6.54 Å². The van der Waals surface area contributed by atoms with Crippen LogP contribution in [-0.2, 0) is 14.4 Å². The number of carbonyl (C=O) groups excluding carboxylic acids is 3. The molecule has 0 spiro atoms. The molecule has 3 amide bonds. The molecule has 108 valence electrons. The van der Waals surface area contributed by atoms with Crippen LogP contribution in [0.1, 0.15) is 47.5 Å². The molecule has 1 rings (SSSR count). The lowest BCUT2D eigenvalue weighted by molar-refractivity contribution is -0.153. The van der Waals surface area contributed by atoms with E-state index in [0.29, 0.717) is 19.3 Å². The molecule has 0 saturated carbocycles. The van der Waals surface area contributed by atoms with Gasteiger partial charge in [-0.15, -0.1) is 0 Å². The zero-order valence-electron chi connectivity index (χ0n) is 12.4. The molecule has 0 bridgehead atoms. The summed E-state index contributed by atoms with van der Waals surface area (Å²) in [6.45, 7) is 10.00. The molecule has 0 aromatic heterocycles. The summed E-state index contributed by atoms with van der Waals surface area (Å²) in [6.07, 6.45) is 1.37. The van der Waals surface area contributed by atoms with Gasteiger partial charge in [0, 0.05) is 19.4 Å². The Kier molecular flexibility index (Phi) is 4.38. The van der Waals surface area contributed by atoms with Crippen molar-refractivity contribution in [3.63, 3.8) is 0 Å². The van der Waals surface area contributed by atoms with Gasteiger partial charge in [-0.2, -0.15) is 0 Å². The fourth-order valence-corrected chi connectivity index (χ4v) is 2.26. The maximum absolute atomic E-state index is 12.1. The van der Waals surface area contributed by atoms with E-state index in [1.165, 1.54) is 4.90 Å². The Hall–Kier alpha value is -1.39. The van der Waals surface area contributed by atoms with E-state index in [9.17, 15) is 14.4 Å². The summed E-state index contributed by atoms with van der Waals surface area (Å²) in [5.74, 6) is -0.300. The summed E-state index contributed by atoms with van der Waals surface area (Å²) < 4.78 is 0. The van der Waals surface area contributed by atoms with Crippen LogP contribution < -0.4 is 5.32 Å². The van der Waals surface area contributed by atoms with Crippen LogP contribution in [0.4, 0.5) is 0 Å². The molecule has 1 saturated heterocycles. The SMILES string of the molecule is CC1(C)CC(=O)N(C[C@@H](NC=O)C(C)(C)C)C(=O)C1. The van der Waals surface area contributed by atoms with E-state index in [1.54, 1.807) is 0 Å². The Morgan fingerprint density at radius 2 is 1.74 bits per heavy atom. The lowest BCUT2D eigenvalue weighted by Gasteiger charge is -2.39. The zero-order valence-corrected chi connectivity index (χ0v) is 12.4. The largest absolute Gasteiger partial charge is 0.354 e. The van der Waals surface area contributed by atoms with Crippen LogP contribution in [-0.4, -0.2) is 35.7 Å². The van der Waals surface area contributed by atoms with Crippen LogP contribution in [0.25, 0.3) is 0 Å². The fraction of sp³-hybridized carbons (Fsp3) is 0.786. The molecule has 5 heteroatoms. The summed E-state index contributed by atoms with van der Waals surface area (Å²) in [5, 5.41) is 2.71. The minimum absolute atomic E-state index is 0.150. The first-order valence-electron chi connectivity index (χ1n) is 6.60. The number of nitrogens with one attached hydrogen (secondary N) is 1. The molecule has 0 aromatic rings. The van der Waals surface area contributed by atoms with Crippen molar-refractivity contribution in [2.45, 2.75) is 53.5 Å². The van der Waals surface area contributed by atoms with Gasteiger partial charge in [-0.05, 0) is 10.8 Å². The van der Waals surface area contributed by atoms with E-state index in [4.69, 9.17) is 0 Å². The predicted octanol–water partition coefficient (Wildman–Crippen LogP) is 1.32. The maximum Gasteiger partial charge on any atom is 0.229 e. The summed E-state index contributed by atoms with van der Waals surface area (Å²) in [6, 6.07) is -0.237. The van der Waals surface area contributed by atoms with E-state index in [2.05, 4.69) is 5.32 Å². The molecule has 0 aromatic carbocycles. The number of amides is 3. The second-order valence-electron chi connectivity index (χ2n) is 7.12. The van der Waals surface area contributed by atoms with E-state index in [1.807, 2.05) is 34.6 Å². The molecule has 1 heterocycles. The molecular formula is C14H24N2O3. The number of rotatable bonds is 4.